The number of piperazine rings is 1. The normalized spacial score (nSPS) is 13.9. The standard InChI is InChI=1S/C23H23N3O4/c1-29-19-8-7-17(15-20(19)30-2)22(27)25-11-13-26(14-12-25)23(28)21-18-6-4-3-5-16(18)9-10-24-21/h3-10,15H,11-14H2,1-2H3. The average Bonchev–Trinajstić information content (AvgIpc) is 2.82. The molecule has 3 aromatic rings. The van der Waals surface area contributed by atoms with E-state index in [0.717, 1.165) is 10.8 Å². The highest BCUT2D eigenvalue weighted by Crippen LogP contribution is 2.28. The fourth-order valence-corrected chi connectivity index (χ4v) is 3.70. The second kappa shape index (κ2) is 8.41. The molecule has 0 bridgehead atoms. The summed E-state index contributed by atoms with van der Waals surface area (Å²) in [5.74, 6) is 0.891. The molecule has 1 fully saturated rings. The zero-order valence-electron chi connectivity index (χ0n) is 17.0. The van der Waals surface area contributed by atoms with Gasteiger partial charge in [-0.3, -0.25) is 14.6 Å². The van der Waals surface area contributed by atoms with E-state index in [1.165, 1.54) is 7.11 Å². The van der Waals surface area contributed by atoms with Crippen molar-refractivity contribution in [3.05, 3.63) is 66.0 Å². The number of hydrogen-bond donors (Lipinski definition) is 0. The second-order valence-electron chi connectivity index (χ2n) is 7.03. The van der Waals surface area contributed by atoms with Crippen molar-refractivity contribution < 1.29 is 19.1 Å². The molecule has 0 atom stereocenters. The summed E-state index contributed by atoms with van der Waals surface area (Å²) in [5.41, 5.74) is 0.982. The van der Waals surface area contributed by atoms with Crippen molar-refractivity contribution in [3.63, 3.8) is 0 Å². The zero-order valence-corrected chi connectivity index (χ0v) is 17.0. The summed E-state index contributed by atoms with van der Waals surface area (Å²) in [6, 6.07) is 14.7. The fourth-order valence-electron chi connectivity index (χ4n) is 3.70. The molecule has 4 rings (SSSR count). The molecule has 30 heavy (non-hydrogen) atoms. The van der Waals surface area contributed by atoms with Gasteiger partial charge in [0, 0.05) is 43.3 Å². The number of carbonyl (C=O) groups is 2. The number of aromatic nitrogens is 1. The highest BCUT2D eigenvalue weighted by Gasteiger charge is 2.27. The van der Waals surface area contributed by atoms with E-state index < -0.39 is 0 Å². The van der Waals surface area contributed by atoms with Crippen molar-refractivity contribution in [3.8, 4) is 11.5 Å². The molecule has 1 saturated heterocycles. The van der Waals surface area contributed by atoms with Crippen molar-refractivity contribution >= 4 is 22.6 Å². The Morgan fingerprint density at radius 1 is 0.833 bits per heavy atom. The number of pyridine rings is 1. The number of benzene rings is 2. The minimum atomic E-state index is -0.106. The number of ether oxygens (including phenoxy) is 2. The molecule has 7 nitrogen and oxygen atoms in total. The predicted octanol–water partition coefficient (Wildman–Crippen LogP) is 2.85. The van der Waals surface area contributed by atoms with E-state index in [2.05, 4.69) is 4.98 Å². The SMILES string of the molecule is COc1ccc(C(=O)N2CCN(C(=O)c3nccc4ccccc34)CC2)cc1OC. The summed E-state index contributed by atoms with van der Waals surface area (Å²) in [6.45, 7) is 1.85. The van der Waals surface area contributed by atoms with Gasteiger partial charge in [-0.15, -0.1) is 0 Å². The van der Waals surface area contributed by atoms with Crippen LogP contribution in [0.3, 0.4) is 0 Å². The highest BCUT2D eigenvalue weighted by atomic mass is 16.5. The quantitative estimate of drug-likeness (QED) is 0.668. The molecule has 7 heteroatoms. The molecule has 0 unspecified atom stereocenters. The third kappa shape index (κ3) is 3.66. The lowest BCUT2D eigenvalue weighted by Gasteiger charge is -2.34. The van der Waals surface area contributed by atoms with Crippen LogP contribution in [0.4, 0.5) is 0 Å². The molecule has 1 aliphatic heterocycles. The lowest BCUT2D eigenvalue weighted by molar-refractivity contribution is 0.0533. The third-order valence-corrected chi connectivity index (χ3v) is 5.36. The van der Waals surface area contributed by atoms with Crippen LogP contribution in [0.1, 0.15) is 20.8 Å². The maximum atomic E-state index is 13.0. The molecule has 1 aliphatic rings. The van der Waals surface area contributed by atoms with E-state index >= 15 is 0 Å². The summed E-state index contributed by atoms with van der Waals surface area (Å²) >= 11 is 0. The van der Waals surface area contributed by atoms with E-state index in [9.17, 15) is 9.59 Å². The van der Waals surface area contributed by atoms with Gasteiger partial charge in [-0.1, -0.05) is 24.3 Å². The predicted molar refractivity (Wildman–Crippen MR) is 113 cm³/mol. The van der Waals surface area contributed by atoms with Gasteiger partial charge in [0.25, 0.3) is 11.8 Å². The number of fused-ring (bicyclic) bond motifs is 1. The average molecular weight is 405 g/mol. The van der Waals surface area contributed by atoms with Crippen LogP contribution >= 0.6 is 0 Å². The number of methoxy groups -OCH3 is 2. The van der Waals surface area contributed by atoms with Gasteiger partial charge in [0.15, 0.2) is 11.5 Å². The summed E-state index contributed by atoms with van der Waals surface area (Å²) in [7, 11) is 3.10. The van der Waals surface area contributed by atoms with E-state index in [1.54, 1.807) is 41.3 Å². The van der Waals surface area contributed by atoms with E-state index in [-0.39, 0.29) is 11.8 Å². The molecule has 154 valence electrons. The van der Waals surface area contributed by atoms with Gasteiger partial charge in [0.2, 0.25) is 0 Å². The summed E-state index contributed by atoms with van der Waals surface area (Å²) < 4.78 is 10.5. The Kier molecular flexibility index (Phi) is 5.52. The number of carbonyl (C=O) groups excluding carboxylic acids is 2. The van der Waals surface area contributed by atoms with Crippen LogP contribution in [0.2, 0.25) is 0 Å². The van der Waals surface area contributed by atoms with E-state index in [0.29, 0.717) is 48.9 Å². The molecule has 2 aromatic carbocycles. The fraction of sp³-hybridized carbons (Fsp3) is 0.261. The van der Waals surface area contributed by atoms with Crippen LogP contribution in [0.5, 0.6) is 11.5 Å². The van der Waals surface area contributed by atoms with Crippen LogP contribution in [-0.4, -0.2) is 67.0 Å². The van der Waals surface area contributed by atoms with Crippen molar-refractivity contribution in [2.45, 2.75) is 0 Å². The van der Waals surface area contributed by atoms with Crippen molar-refractivity contribution in [1.82, 2.24) is 14.8 Å². The molecule has 0 saturated carbocycles. The molecule has 0 radical (unpaired) electrons. The molecule has 0 spiro atoms. The van der Waals surface area contributed by atoms with Gasteiger partial charge in [0.1, 0.15) is 5.69 Å². The molecule has 0 N–H and O–H groups in total. The maximum Gasteiger partial charge on any atom is 0.273 e. The largest absolute Gasteiger partial charge is 0.493 e. The van der Waals surface area contributed by atoms with Gasteiger partial charge >= 0.3 is 0 Å². The highest BCUT2D eigenvalue weighted by molar-refractivity contribution is 6.05. The molecule has 2 heterocycles. The monoisotopic (exact) mass is 405 g/mol. The third-order valence-electron chi connectivity index (χ3n) is 5.36. The maximum absolute atomic E-state index is 13.0. The Balaban J connectivity index is 1.46. The van der Waals surface area contributed by atoms with Gasteiger partial charge in [-0.25, -0.2) is 0 Å². The van der Waals surface area contributed by atoms with Crippen molar-refractivity contribution in [2.75, 3.05) is 40.4 Å². The first kappa shape index (κ1) is 19.7. The van der Waals surface area contributed by atoms with E-state index in [4.69, 9.17) is 9.47 Å². The van der Waals surface area contributed by atoms with Gasteiger partial charge < -0.3 is 19.3 Å². The molecular formula is C23H23N3O4. The molecule has 1 aromatic heterocycles. The summed E-state index contributed by atoms with van der Waals surface area (Å²) in [5, 5.41) is 1.83. The Morgan fingerprint density at radius 2 is 1.50 bits per heavy atom. The Hall–Kier alpha value is -3.61. The summed E-state index contributed by atoms with van der Waals surface area (Å²) in [6.07, 6.45) is 1.66. The number of rotatable bonds is 4. The molecular weight excluding hydrogens is 382 g/mol. The number of hydrogen-bond acceptors (Lipinski definition) is 5. The minimum Gasteiger partial charge on any atom is -0.493 e. The van der Waals surface area contributed by atoms with Crippen LogP contribution in [0, 0.1) is 0 Å². The molecule has 2 amide bonds. The Labute approximate surface area is 174 Å². The minimum absolute atomic E-state index is 0.0914. The summed E-state index contributed by atoms with van der Waals surface area (Å²) in [4.78, 5) is 33.8. The first-order chi connectivity index (χ1) is 14.6. The zero-order chi connectivity index (χ0) is 21.1. The van der Waals surface area contributed by atoms with Crippen LogP contribution in [0.15, 0.2) is 54.7 Å². The lowest BCUT2D eigenvalue weighted by Crippen LogP contribution is -2.50. The Morgan fingerprint density at radius 3 is 2.20 bits per heavy atom. The van der Waals surface area contributed by atoms with Crippen LogP contribution in [0.25, 0.3) is 10.8 Å². The lowest BCUT2D eigenvalue weighted by atomic mass is 10.1. The first-order valence-electron chi connectivity index (χ1n) is 9.76. The molecule has 0 aliphatic carbocycles. The topological polar surface area (TPSA) is 72.0 Å². The number of amides is 2. The van der Waals surface area contributed by atoms with Gasteiger partial charge in [-0.2, -0.15) is 0 Å². The van der Waals surface area contributed by atoms with Crippen molar-refractivity contribution in [2.24, 2.45) is 0 Å². The van der Waals surface area contributed by atoms with Gasteiger partial charge in [0.05, 0.1) is 14.2 Å². The number of nitrogens with zero attached hydrogens (tertiary/aromatic N) is 3. The van der Waals surface area contributed by atoms with Crippen LogP contribution in [-0.2, 0) is 0 Å². The van der Waals surface area contributed by atoms with E-state index in [1.807, 2.05) is 30.3 Å². The smallest absolute Gasteiger partial charge is 0.273 e. The first-order valence-corrected chi connectivity index (χ1v) is 9.76. The van der Waals surface area contributed by atoms with Crippen molar-refractivity contribution in [1.29, 1.82) is 0 Å². The van der Waals surface area contributed by atoms with Crippen LogP contribution < -0.4 is 9.47 Å². The second-order valence-corrected chi connectivity index (χ2v) is 7.03. The van der Waals surface area contributed by atoms with Gasteiger partial charge in [-0.05, 0) is 29.7 Å². The Bertz CT molecular complexity index is 1090.